The molecular weight excluding hydrogens is 396 g/mol. The second-order valence-corrected chi connectivity index (χ2v) is 8.62. The summed E-state index contributed by atoms with van der Waals surface area (Å²) in [5.74, 6) is -1.01. The molecule has 0 radical (unpaired) electrons. The Bertz CT molecular complexity index is 1010. The summed E-state index contributed by atoms with van der Waals surface area (Å²) >= 11 is 2.23. The minimum Gasteiger partial charge on any atom is -0.477 e. The average Bonchev–Trinajstić information content (AvgIpc) is 3.24. The molecule has 2 aromatic heterocycles. The molecule has 0 fully saturated rings. The number of rotatable bonds is 7. The molecule has 2 heterocycles. The lowest BCUT2D eigenvalue weighted by Gasteiger charge is -2.07. The van der Waals surface area contributed by atoms with Crippen molar-refractivity contribution in [3.05, 3.63) is 46.4 Å². The lowest BCUT2D eigenvalue weighted by Crippen LogP contribution is -2.12. The first-order valence-electron chi connectivity index (χ1n) is 7.41. The highest BCUT2D eigenvalue weighted by Crippen LogP contribution is 2.27. The van der Waals surface area contributed by atoms with Gasteiger partial charge in [0.2, 0.25) is 0 Å². The molecule has 0 aliphatic carbocycles. The third kappa shape index (κ3) is 4.00. The quantitative estimate of drug-likeness (QED) is 0.546. The fraction of sp³-hybridized carbons (Fsp3) is 0.133. The van der Waals surface area contributed by atoms with Crippen LogP contribution < -0.4 is 10.0 Å². The lowest BCUT2D eigenvalue weighted by atomic mass is 10.3. The molecular formula is C15H14N4O4S3. The molecule has 0 bridgehead atoms. The first kappa shape index (κ1) is 18.3. The van der Waals surface area contributed by atoms with Crippen molar-refractivity contribution >= 4 is 54.6 Å². The molecule has 1 aromatic carbocycles. The number of anilines is 3. The normalized spacial score (nSPS) is 11.3. The summed E-state index contributed by atoms with van der Waals surface area (Å²) in [7, 11) is -3.71. The number of carboxylic acid groups (broad SMARTS) is 1. The van der Waals surface area contributed by atoms with Gasteiger partial charge in [-0.3, -0.25) is 4.72 Å². The number of aromatic nitrogens is 2. The second-order valence-electron chi connectivity index (χ2n) is 5.05. The van der Waals surface area contributed by atoms with Crippen LogP contribution in [0.2, 0.25) is 0 Å². The molecule has 26 heavy (non-hydrogen) atoms. The Morgan fingerprint density at radius 2 is 1.96 bits per heavy atom. The summed E-state index contributed by atoms with van der Waals surface area (Å²) in [6.45, 7) is 1.83. The summed E-state index contributed by atoms with van der Waals surface area (Å²) in [5.41, 5.74) is 1.11. The molecule has 0 atom stereocenters. The first-order chi connectivity index (χ1) is 12.4. The third-order valence-corrected chi connectivity index (χ3v) is 6.47. The molecule has 8 nitrogen and oxygen atoms in total. The molecule has 0 unspecified atom stereocenters. The van der Waals surface area contributed by atoms with Gasteiger partial charge >= 0.3 is 5.97 Å². The van der Waals surface area contributed by atoms with E-state index in [-0.39, 0.29) is 9.77 Å². The molecule has 0 aliphatic heterocycles. The van der Waals surface area contributed by atoms with Crippen LogP contribution in [-0.4, -0.2) is 29.5 Å². The molecule has 3 rings (SSSR count). The fourth-order valence-corrected chi connectivity index (χ4v) is 4.80. The Labute approximate surface area is 157 Å². The highest BCUT2D eigenvalue weighted by atomic mass is 32.2. The summed E-state index contributed by atoms with van der Waals surface area (Å²) in [6, 6.07) is 6.07. The van der Waals surface area contributed by atoms with Gasteiger partial charge in [0.1, 0.15) is 4.88 Å². The summed E-state index contributed by atoms with van der Waals surface area (Å²) in [5, 5.41) is 14.6. The Kier molecular flexibility index (Phi) is 5.20. The van der Waals surface area contributed by atoms with Crippen molar-refractivity contribution in [3.63, 3.8) is 0 Å². The first-order valence-corrected chi connectivity index (χ1v) is 10.6. The van der Waals surface area contributed by atoms with Gasteiger partial charge < -0.3 is 10.4 Å². The Morgan fingerprint density at radius 1 is 1.23 bits per heavy atom. The summed E-state index contributed by atoms with van der Waals surface area (Å²) in [6.07, 6.45) is 2.03. The average molecular weight is 411 g/mol. The molecule has 3 N–H and O–H groups in total. The van der Waals surface area contributed by atoms with Crippen molar-refractivity contribution in [3.8, 4) is 0 Å². The summed E-state index contributed by atoms with van der Waals surface area (Å²) < 4.78 is 27.0. The van der Waals surface area contributed by atoms with Crippen LogP contribution >= 0.6 is 22.7 Å². The molecule has 0 saturated heterocycles. The minimum atomic E-state index is -3.71. The largest absolute Gasteiger partial charge is 0.477 e. The van der Waals surface area contributed by atoms with E-state index in [0.717, 1.165) is 11.3 Å². The number of nitrogens with zero attached hydrogens (tertiary/aromatic N) is 2. The van der Waals surface area contributed by atoms with Crippen molar-refractivity contribution < 1.29 is 18.3 Å². The standard InChI is InChI=1S/C15H14N4O4S3/c1-2-11-12(13(20)21)25-15(18-11)17-9-3-5-10(6-4-9)26(22,23)19-14-16-7-8-24-14/h3-8H,2H2,1H3,(H,16,19)(H,17,18)(H,20,21). The maximum atomic E-state index is 12.3. The second kappa shape index (κ2) is 7.40. The smallest absolute Gasteiger partial charge is 0.347 e. The minimum absolute atomic E-state index is 0.0952. The van der Waals surface area contributed by atoms with Crippen LogP contribution in [-0.2, 0) is 16.4 Å². The maximum Gasteiger partial charge on any atom is 0.347 e. The number of sulfonamides is 1. The molecule has 0 spiro atoms. The zero-order valence-corrected chi connectivity index (χ0v) is 15.9. The monoisotopic (exact) mass is 410 g/mol. The molecule has 0 saturated carbocycles. The van der Waals surface area contributed by atoms with Gasteiger partial charge in [-0.15, -0.1) is 11.3 Å². The van der Waals surface area contributed by atoms with E-state index in [4.69, 9.17) is 0 Å². The number of hydrogen-bond acceptors (Lipinski definition) is 8. The Balaban J connectivity index is 1.77. The number of hydrogen-bond donors (Lipinski definition) is 3. The van der Waals surface area contributed by atoms with E-state index in [2.05, 4.69) is 20.0 Å². The van der Waals surface area contributed by atoms with Crippen LogP contribution in [0.3, 0.4) is 0 Å². The summed E-state index contributed by atoms with van der Waals surface area (Å²) in [4.78, 5) is 19.6. The predicted molar refractivity (Wildman–Crippen MR) is 101 cm³/mol. The number of aryl methyl sites for hydroxylation is 1. The SMILES string of the molecule is CCc1nc(Nc2ccc(S(=O)(=O)Nc3nccs3)cc2)sc1C(=O)O. The van der Waals surface area contributed by atoms with Crippen molar-refractivity contribution in [2.45, 2.75) is 18.2 Å². The van der Waals surface area contributed by atoms with Crippen LogP contribution in [0.15, 0.2) is 40.7 Å². The number of carboxylic acids is 1. The van der Waals surface area contributed by atoms with Crippen molar-refractivity contribution in [2.24, 2.45) is 0 Å². The van der Waals surface area contributed by atoms with Gasteiger partial charge in [0.25, 0.3) is 10.0 Å². The van der Waals surface area contributed by atoms with Crippen LogP contribution in [0.5, 0.6) is 0 Å². The van der Waals surface area contributed by atoms with Gasteiger partial charge in [0, 0.05) is 17.3 Å². The zero-order valence-electron chi connectivity index (χ0n) is 13.5. The molecule has 0 aliphatic rings. The van der Waals surface area contributed by atoms with Gasteiger partial charge in [-0.1, -0.05) is 18.3 Å². The number of carbonyl (C=O) groups is 1. The van der Waals surface area contributed by atoms with Gasteiger partial charge in [-0.25, -0.2) is 23.2 Å². The lowest BCUT2D eigenvalue weighted by molar-refractivity contribution is 0.0700. The van der Waals surface area contributed by atoms with Crippen molar-refractivity contribution in [2.75, 3.05) is 10.0 Å². The van der Waals surface area contributed by atoms with Crippen molar-refractivity contribution in [1.29, 1.82) is 0 Å². The predicted octanol–water partition coefficient (Wildman–Crippen LogP) is 3.40. The molecule has 3 aromatic rings. The number of benzene rings is 1. The van der Waals surface area contributed by atoms with E-state index < -0.39 is 16.0 Å². The number of nitrogens with one attached hydrogen (secondary N) is 2. The van der Waals surface area contributed by atoms with Gasteiger partial charge in [0.15, 0.2) is 10.3 Å². The van der Waals surface area contributed by atoms with E-state index in [1.54, 1.807) is 17.5 Å². The Hall–Kier alpha value is -2.50. The van der Waals surface area contributed by atoms with E-state index in [9.17, 15) is 18.3 Å². The molecule has 11 heteroatoms. The fourth-order valence-electron chi connectivity index (χ4n) is 2.10. The van der Waals surface area contributed by atoms with Crippen LogP contribution in [0.4, 0.5) is 16.0 Å². The maximum absolute atomic E-state index is 12.3. The highest BCUT2D eigenvalue weighted by Gasteiger charge is 2.17. The molecule has 0 amide bonds. The highest BCUT2D eigenvalue weighted by molar-refractivity contribution is 7.93. The van der Waals surface area contributed by atoms with E-state index in [1.165, 1.54) is 29.7 Å². The number of thiazole rings is 2. The van der Waals surface area contributed by atoms with Gasteiger partial charge in [0.05, 0.1) is 10.6 Å². The van der Waals surface area contributed by atoms with E-state index in [0.29, 0.717) is 28.1 Å². The van der Waals surface area contributed by atoms with E-state index in [1.807, 2.05) is 6.92 Å². The van der Waals surface area contributed by atoms with Crippen molar-refractivity contribution in [1.82, 2.24) is 9.97 Å². The number of aromatic carboxylic acids is 1. The molecule has 136 valence electrons. The third-order valence-electron chi connectivity index (χ3n) is 3.30. The van der Waals surface area contributed by atoms with Gasteiger partial charge in [-0.05, 0) is 30.7 Å². The van der Waals surface area contributed by atoms with E-state index >= 15 is 0 Å². The van der Waals surface area contributed by atoms with Gasteiger partial charge in [-0.2, -0.15) is 0 Å². The van der Waals surface area contributed by atoms with Crippen LogP contribution in [0, 0.1) is 0 Å². The zero-order chi connectivity index (χ0) is 18.7. The Morgan fingerprint density at radius 3 is 2.50 bits per heavy atom. The van der Waals surface area contributed by atoms with Crippen LogP contribution in [0.25, 0.3) is 0 Å². The van der Waals surface area contributed by atoms with Crippen LogP contribution in [0.1, 0.15) is 22.3 Å². The topological polar surface area (TPSA) is 121 Å².